The molecule has 0 radical (unpaired) electrons. The van der Waals surface area contributed by atoms with Gasteiger partial charge >= 0.3 is 0 Å². The van der Waals surface area contributed by atoms with Crippen LogP contribution in [0.2, 0.25) is 0 Å². The topological polar surface area (TPSA) is 178 Å². The quantitative estimate of drug-likeness (QED) is 0.321. The van der Waals surface area contributed by atoms with Crippen molar-refractivity contribution in [3.63, 3.8) is 0 Å². The van der Waals surface area contributed by atoms with Crippen LogP contribution in [-0.4, -0.2) is 66.6 Å². The fraction of sp³-hybridized carbons (Fsp3) is 0.474. The number of hydrogen-bond acceptors (Lipinski definition) is 6. The maximum atomic E-state index is 11.7. The van der Waals surface area contributed by atoms with E-state index in [1.165, 1.54) is 18.4 Å². The number of carbonyl (C=O) groups is 5. The number of rotatable bonds is 11. The van der Waals surface area contributed by atoms with Gasteiger partial charge in [0.15, 0.2) is 0 Å². The van der Waals surface area contributed by atoms with Gasteiger partial charge in [-0.05, 0) is 18.1 Å². The zero-order valence-corrected chi connectivity index (χ0v) is 17.7. The molecule has 0 bridgehead atoms. The van der Waals surface area contributed by atoms with Crippen LogP contribution in [0.1, 0.15) is 32.3 Å². The number of carbonyl (C=O) groups excluding carboxylic acids is 5. The molecule has 1 heterocycles. The van der Waals surface area contributed by atoms with Crippen molar-refractivity contribution in [2.45, 2.75) is 39.2 Å². The Labute approximate surface area is 176 Å². The SMILES string of the molecule is CCC.CN(C=O)CC(N)=O.NC(=O)C[C@H](NC=O)C(=O)NCCc1cccnc1. The molecule has 0 aromatic carbocycles. The molecule has 1 atom stereocenters. The highest BCUT2D eigenvalue weighted by Gasteiger charge is 2.19. The second kappa shape index (κ2) is 18.8. The van der Waals surface area contributed by atoms with E-state index in [0.717, 1.165) is 5.56 Å². The summed E-state index contributed by atoms with van der Waals surface area (Å²) in [5.41, 5.74) is 10.7. The zero-order chi connectivity index (χ0) is 23.4. The van der Waals surface area contributed by atoms with Gasteiger partial charge in [0.25, 0.3) is 0 Å². The minimum Gasteiger partial charge on any atom is -0.370 e. The van der Waals surface area contributed by atoms with Crippen molar-refractivity contribution in [2.75, 3.05) is 20.1 Å². The van der Waals surface area contributed by atoms with E-state index in [2.05, 4.69) is 29.5 Å². The molecule has 0 fully saturated rings. The maximum absolute atomic E-state index is 11.7. The zero-order valence-electron chi connectivity index (χ0n) is 17.7. The molecule has 1 rings (SSSR count). The number of primary amides is 2. The number of nitrogens with one attached hydrogen (secondary N) is 2. The van der Waals surface area contributed by atoms with Crippen molar-refractivity contribution in [3.8, 4) is 0 Å². The van der Waals surface area contributed by atoms with Gasteiger partial charge in [-0.1, -0.05) is 26.3 Å². The lowest BCUT2D eigenvalue weighted by atomic mass is 10.1. The number of pyridine rings is 1. The second-order valence-corrected chi connectivity index (χ2v) is 6.10. The normalized spacial score (nSPS) is 9.97. The average Bonchev–Trinajstić information content (AvgIpc) is 2.68. The Bertz CT molecular complexity index is 642. The highest BCUT2D eigenvalue weighted by molar-refractivity contribution is 5.89. The van der Waals surface area contributed by atoms with Crippen LogP contribution in [0.4, 0.5) is 0 Å². The fourth-order valence-corrected chi connectivity index (χ4v) is 1.79. The van der Waals surface area contributed by atoms with Gasteiger partial charge in [0.2, 0.25) is 30.5 Å². The van der Waals surface area contributed by atoms with E-state index < -0.39 is 23.8 Å². The monoisotopic (exact) mass is 424 g/mol. The minimum absolute atomic E-state index is 0.0104. The third-order valence-electron chi connectivity index (χ3n) is 3.01. The first-order chi connectivity index (χ1) is 14.2. The molecule has 0 saturated carbocycles. The van der Waals surface area contributed by atoms with Crippen LogP contribution in [0, 0.1) is 0 Å². The minimum atomic E-state index is -0.927. The molecular weight excluding hydrogens is 392 g/mol. The molecule has 0 unspecified atom stereocenters. The molecular formula is C19H32N6O5. The lowest BCUT2D eigenvalue weighted by molar-refractivity contribution is -0.128. The first-order valence-electron chi connectivity index (χ1n) is 9.30. The smallest absolute Gasteiger partial charge is 0.243 e. The fourth-order valence-electron chi connectivity index (χ4n) is 1.79. The van der Waals surface area contributed by atoms with Crippen molar-refractivity contribution in [1.82, 2.24) is 20.5 Å². The molecule has 1 aromatic heterocycles. The lowest BCUT2D eigenvalue weighted by Gasteiger charge is -2.14. The van der Waals surface area contributed by atoms with Gasteiger partial charge in [-0.2, -0.15) is 0 Å². The molecule has 0 aliphatic rings. The van der Waals surface area contributed by atoms with E-state index in [1.54, 1.807) is 18.5 Å². The van der Waals surface area contributed by atoms with Crippen LogP contribution in [0.15, 0.2) is 24.5 Å². The first kappa shape index (κ1) is 28.7. The summed E-state index contributed by atoms with van der Waals surface area (Å²) >= 11 is 0. The van der Waals surface area contributed by atoms with E-state index in [9.17, 15) is 24.0 Å². The molecule has 30 heavy (non-hydrogen) atoms. The second-order valence-electron chi connectivity index (χ2n) is 6.10. The summed E-state index contributed by atoms with van der Waals surface area (Å²) in [6.45, 7) is 4.63. The van der Waals surface area contributed by atoms with Gasteiger partial charge in [0.1, 0.15) is 6.04 Å². The number of amides is 5. The third kappa shape index (κ3) is 17.9. The summed E-state index contributed by atoms with van der Waals surface area (Å²) in [6.07, 6.45) is 5.93. The Kier molecular flexibility index (Phi) is 18.0. The molecule has 11 nitrogen and oxygen atoms in total. The summed E-state index contributed by atoms with van der Waals surface area (Å²) in [7, 11) is 1.48. The molecule has 168 valence electrons. The Morgan fingerprint density at radius 1 is 1.20 bits per heavy atom. The van der Waals surface area contributed by atoms with E-state index in [1.807, 2.05) is 6.07 Å². The molecule has 0 spiro atoms. The van der Waals surface area contributed by atoms with Crippen molar-refractivity contribution in [2.24, 2.45) is 11.5 Å². The highest BCUT2D eigenvalue weighted by atomic mass is 16.2. The van der Waals surface area contributed by atoms with Crippen molar-refractivity contribution < 1.29 is 24.0 Å². The molecule has 0 aliphatic heterocycles. The van der Waals surface area contributed by atoms with Crippen LogP contribution in [0.5, 0.6) is 0 Å². The summed E-state index contributed by atoms with van der Waals surface area (Å²) in [5.74, 6) is -1.59. The molecule has 0 aliphatic carbocycles. The largest absolute Gasteiger partial charge is 0.370 e. The van der Waals surface area contributed by atoms with Crippen LogP contribution >= 0.6 is 0 Å². The molecule has 6 N–H and O–H groups in total. The van der Waals surface area contributed by atoms with Crippen LogP contribution < -0.4 is 22.1 Å². The number of nitrogens with two attached hydrogens (primary N) is 2. The Morgan fingerprint density at radius 3 is 2.23 bits per heavy atom. The van der Waals surface area contributed by atoms with Gasteiger partial charge in [-0.3, -0.25) is 29.0 Å². The molecule has 5 amide bonds. The summed E-state index contributed by atoms with van der Waals surface area (Å²) in [5, 5.41) is 4.88. The predicted octanol–water partition coefficient (Wildman–Crippen LogP) is -1.29. The van der Waals surface area contributed by atoms with Crippen molar-refractivity contribution in [3.05, 3.63) is 30.1 Å². The number of likely N-dealkylation sites (N-methyl/N-ethyl adjacent to an activating group) is 1. The van der Waals surface area contributed by atoms with E-state index in [4.69, 9.17) is 11.5 Å². The first-order valence-corrected chi connectivity index (χ1v) is 9.30. The standard InChI is InChI=1S/C12H16N4O3.C4H8N2O2.C3H8/c13-11(18)6-10(16-8-17)12(19)15-5-3-9-2-1-4-14-7-9;1-6(3-7)2-4(5)8;1-3-2/h1-2,4,7-8,10H,3,5-6H2,(H2,13,18)(H,15,19)(H,16,17);3H,2H2,1H3,(H2,5,8);3H2,1-2H3/t10-;;/m0../s1. The van der Waals surface area contributed by atoms with Gasteiger partial charge in [0, 0.05) is 26.0 Å². The Balaban J connectivity index is 0. The number of hydrogen-bond donors (Lipinski definition) is 4. The van der Waals surface area contributed by atoms with Crippen molar-refractivity contribution >= 4 is 30.5 Å². The van der Waals surface area contributed by atoms with Gasteiger partial charge in [-0.25, -0.2) is 0 Å². The third-order valence-corrected chi connectivity index (χ3v) is 3.01. The Hall–Kier alpha value is -3.50. The maximum Gasteiger partial charge on any atom is 0.243 e. The highest BCUT2D eigenvalue weighted by Crippen LogP contribution is 1.96. The molecule has 0 saturated heterocycles. The summed E-state index contributed by atoms with van der Waals surface area (Å²) < 4.78 is 0. The number of aromatic nitrogens is 1. The predicted molar refractivity (Wildman–Crippen MR) is 112 cm³/mol. The van der Waals surface area contributed by atoms with Gasteiger partial charge in [-0.15, -0.1) is 0 Å². The lowest BCUT2D eigenvalue weighted by Crippen LogP contribution is -2.46. The van der Waals surface area contributed by atoms with Gasteiger partial charge in [0.05, 0.1) is 13.0 Å². The molecule has 11 heteroatoms. The Morgan fingerprint density at radius 2 is 1.83 bits per heavy atom. The average molecular weight is 425 g/mol. The summed E-state index contributed by atoms with van der Waals surface area (Å²) in [6, 6.07) is 2.77. The van der Waals surface area contributed by atoms with Crippen LogP contribution in [-0.2, 0) is 30.4 Å². The number of nitrogens with zero attached hydrogens (tertiary/aromatic N) is 2. The van der Waals surface area contributed by atoms with Gasteiger partial charge < -0.3 is 27.0 Å². The summed E-state index contributed by atoms with van der Waals surface area (Å²) in [4.78, 5) is 57.7. The van der Waals surface area contributed by atoms with E-state index in [0.29, 0.717) is 25.8 Å². The van der Waals surface area contributed by atoms with Crippen molar-refractivity contribution in [1.29, 1.82) is 0 Å². The van der Waals surface area contributed by atoms with Crippen LogP contribution in [0.3, 0.4) is 0 Å². The van der Waals surface area contributed by atoms with E-state index in [-0.39, 0.29) is 13.0 Å². The molecule has 1 aromatic rings. The van der Waals surface area contributed by atoms with E-state index >= 15 is 0 Å². The van der Waals surface area contributed by atoms with Crippen LogP contribution in [0.25, 0.3) is 0 Å².